The maximum absolute atomic E-state index is 2.51. The average Bonchev–Trinajstić information content (AvgIpc) is 2.44. The van der Waals surface area contributed by atoms with Crippen LogP contribution in [0.15, 0.2) is 48.5 Å². The predicted molar refractivity (Wildman–Crippen MR) is 94.3 cm³/mol. The largest absolute Gasteiger partial charge is 0.121 e. The van der Waals surface area contributed by atoms with E-state index in [9.17, 15) is 0 Å². The summed E-state index contributed by atoms with van der Waals surface area (Å²) in [5, 5.41) is 6.77. The van der Waals surface area contributed by atoms with Crippen LogP contribution >= 0.6 is 0 Å². The Morgan fingerprint density at radius 1 is 0.850 bits per heavy atom. The predicted octanol–water partition coefficient (Wildman–Crippen LogP) is 2.09. The Kier molecular flexibility index (Phi) is 3.47. The summed E-state index contributed by atoms with van der Waals surface area (Å²) in [5.41, 5.74) is 0. The Morgan fingerprint density at radius 2 is 1.30 bits per heavy atom. The molecule has 0 N–H and O–H groups in total. The van der Waals surface area contributed by atoms with Crippen LogP contribution in [0, 0.1) is 5.92 Å². The summed E-state index contributed by atoms with van der Waals surface area (Å²) < 4.78 is 0. The van der Waals surface area contributed by atoms with Gasteiger partial charge in [0.15, 0.2) is 0 Å². The van der Waals surface area contributed by atoms with Crippen molar-refractivity contribution in [2.24, 2.45) is 5.92 Å². The van der Waals surface area contributed by atoms with Crippen molar-refractivity contribution in [3.63, 3.8) is 0 Å². The van der Waals surface area contributed by atoms with Crippen LogP contribution < -0.4 is 20.7 Å². The molecular weight excluding hydrogens is 272 g/mol. The van der Waals surface area contributed by atoms with Crippen molar-refractivity contribution in [3.05, 3.63) is 48.5 Å². The number of benzene rings is 2. The van der Waals surface area contributed by atoms with Crippen molar-refractivity contribution in [2.45, 2.75) is 33.0 Å². The molecule has 2 aromatic rings. The molecule has 0 nitrogen and oxygen atoms in total. The van der Waals surface area contributed by atoms with Crippen LogP contribution in [-0.2, 0) is 0 Å². The van der Waals surface area contributed by atoms with Gasteiger partial charge in [-0.1, -0.05) is 96.2 Å². The fourth-order valence-corrected chi connectivity index (χ4v) is 12.1. The van der Waals surface area contributed by atoms with Crippen LogP contribution in [0.1, 0.15) is 13.8 Å². The second-order valence-corrected chi connectivity index (χ2v) is 13.6. The van der Waals surface area contributed by atoms with Crippen molar-refractivity contribution in [1.82, 2.24) is 0 Å². The standard InChI is InChI=1S/C18H23Si2/c1-14(2)13-19-15-9-5-7-11-17(15)20(3,4)18-12-8-6-10-16(18)19/h5-12,14H,13H2,1-4H3. The van der Waals surface area contributed by atoms with Crippen molar-refractivity contribution in [1.29, 1.82) is 0 Å². The van der Waals surface area contributed by atoms with E-state index in [1.54, 1.807) is 20.7 Å². The SMILES string of the molecule is CC(C)C[Si]1c2ccccc2[Si](C)(C)c2ccccc21. The fourth-order valence-electron chi connectivity index (χ4n) is 3.50. The highest BCUT2D eigenvalue weighted by Crippen LogP contribution is 2.13. The molecule has 20 heavy (non-hydrogen) atoms. The minimum Gasteiger partial charge on any atom is -0.0630 e. The van der Waals surface area contributed by atoms with Crippen LogP contribution in [0.3, 0.4) is 0 Å². The molecule has 0 bridgehead atoms. The highest BCUT2D eigenvalue weighted by molar-refractivity contribution is 7.11. The summed E-state index contributed by atoms with van der Waals surface area (Å²) >= 11 is 0. The van der Waals surface area contributed by atoms with Gasteiger partial charge in [0.25, 0.3) is 0 Å². The summed E-state index contributed by atoms with van der Waals surface area (Å²) in [6.07, 6.45) is 0. The molecule has 0 saturated heterocycles. The first kappa shape index (κ1) is 13.8. The minimum absolute atomic E-state index is 0.597. The van der Waals surface area contributed by atoms with Crippen LogP contribution in [-0.4, -0.2) is 16.9 Å². The Labute approximate surface area is 125 Å². The van der Waals surface area contributed by atoms with Crippen molar-refractivity contribution in [3.8, 4) is 0 Å². The molecule has 1 radical (unpaired) electrons. The Balaban J connectivity index is 2.24. The molecule has 103 valence electrons. The van der Waals surface area contributed by atoms with Gasteiger partial charge in [-0.2, -0.15) is 0 Å². The van der Waals surface area contributed by atoms with E-state index in [0.717, 1.165) is 5.92 Å². The van der Waals surface area contributed by atoms with E-state index in [2.05, 4.69) is 75.5 Å². The molecule has 2 aromatic carbocycles. The third kappa shape index (κ3) is 2.11. The molecule has 0 fully saturated rings. The summed E-state index contributed by atoms with van der Waals surface area (Å²) in [6, 6.07) is 19.9. The molecule has 0 atom stereocenters. The monoisotopic (exact) mass is 295 g/mol. The summed E-state index contributed by atoms with van der Waals surface area (Å²) in [5.74, 6) is 0.771. The van der Waals surface area contributed by atoms with Gasteiger partial charge in [0.2, 0.25) is 0 Å². The second kappa shape index (κ2) is 5.01. The van der Waals surface area contributed by atoms with Gasteiger partial charge in [0.1, 0.15) is 16.9 Å². The molecule has 0 aliphatic carbocycles. The van der Waals surface area contributed by atoms with E-state index in [1.165, 1.54) is 6.04 Å². The van der Waals surface area contributed by atoms with E-state index in [0.29, 0.717) is 0 Å². The molecule has 0 amide bonds. The molecular formula is C18H23Si2. The lowest BCUT2D eigenvalue weighted by Gasteiger charge is -2.38. The Morgan fingerprint density at radius 3 is 1.75 bits per heavy atom. The fraction of sp³-hybridized carbons (Fsp3) is 0.333. The van der Waals surface area contributed by atoms with Gasteiger partial charge in [-0.3, -0.25) is 0 Å². The summed E-state index contributed by atoms with van der Waals surface area (Å²) in [6.45, 7) is 9.75. The van der Waals surface area contributed by atoms with Crippen LogP contribution in [0.5, 0.6) is 0 Å². The van der Waals surface area contributed by atoms with Crippen LogP contribution in [0.4, 0.5) is 0 Å². The first-order valence-electron chi connectivity index (χ1n) is 7.57. The van der Waals surface area contributed by atoms with E-state index < -0.39 is 16.9 Å². The summed E-state index contributed by atoms with van der Waals surface area (Å²) in [7, 11) is -2.10. The van der Waals surface area contributed by atoms with E-state index >= 15 is 0 Å². The normalized spacial score (nSPS) is 16.9. The first-order valence-corrected chi connectivity index (χ1v) is 12.3. The third-order valence-corrected chi connectivity index (χ3v) is 11.9. The van der Waals surface area contributed by atoms with Crippen LogP contribution in [0.2, 0.25) is 19.1 Å². The zero-order valence-electron chi connectivity index (χ0n) is 12.9. The molecule has 1 aliphatic heterocycles. The lowest BCUT2D eigenvalue weighted by atomic mass is 10.3. The lowest BCUT2D eigenvalue weighted by Crippen LogP contribution is -2.73. The molecule has 1 heterocycles. The lowest BCUT2D eigenvalue weighted by molar-refractivity contribution is 0.730. The smallest absolute Gasteiger partial charge is 0.0630 e. The van der Waals surface area contributed by atoms with Gasteiger partial charge in [-0.25, -0.2) is 0 Å². The van der Waals surface area contributed by atoms with Gasteiger partial charge >= 0.3 is 0 Å². The summed E-state index contributed by atoms with van der Waals surface area (Å²) in [4.78, 5) is 0. The van der Waals surface area contributed by atoms with Gasteiger partial charge in [-0.15, -0.1) is 0 Å². The minimum atomic E-state index is -1.50. The highest BCUT2D eigenvalue weighted by Gasteiger charge is 2.39. The molecule has 3 rings (SSSR count). The average molecular weight is 296 g/mol. The zero-order valence-corrected chi connectivity index (χ0v) is 14.9. The molecule has 0 aromatic heterocycles. The van der Waals surface area contributed by atoms with Gasteiger partial charge < -0.3 is 0 Å². The molecule has 1 aliphatic rings. The maximum Gasteiger partial charge on any atom is 0.121 e. The zero-order chi connectivity index (χ0) is 14.3. The van der Waals surface area contributed by atoms with E-state index in [1.807, 2.05) is 0 Å². The first-order chi connectivity index (χ1) is 9.51. The Bertz CT molecular complexity index is 579. The quantitative estimate of drug-likeness (QED) is 0.744. The van der Waals surface area contributed by atoms with E-state index in [-0.39, 0.29) is 0 Å². The maximum atomic E-state index is 2.51. The van der Waals surface area contributed by atoms with Crippen molar-refractivity contribution in [2.75, 3.05) is 0 Å². The topological polar surface area (TPSA) is 0 Å². The number of hydrogen-bond donors (Lipinski definition) is 0. The third-order valence-electron chi connectivity index (χ3n) is 4.46. The number of rotatable bonds is 2. The second-order valence-electron chi connectivity index (χ2n) is 6.79. The molecule has 2 heteroatoms. The van der Waals surface area contributed by atoms with Gasteiger partial charge in [-0.05, 0) is 12.0 Å². The molecule has 0 saturated carbocycles. The van der Waals surface area contributed by atoms with Crippen molar-refractivity contribution >= 4 is 37.6 Å². The van der Waals surface area contributed by atoms with Gasteiger partial charge in [0, 0.05) is 0 Å². The number of hydrogen-bond acceptors (Lipinski definition) is 0. The van der Waals surface area contributed by atoms with Crippen LogP contribution in [0.25, 0.3) is 0 Å². The van der Waals surface area contributed by atoms with Gasteiger partial charge in [0.05, 0.1) is 0 Å². The molecule has 0 spiro atoms. The molecule has 0 unspecified atom stereocenters. The number of fused-ring (bicyclic) bond motifs is 2. The Hall–Kier alpha value is -1.13. The highest BCUT2D eigenvalue weighted by atomic mass is 28.3. The van der Waals surface area contributed by atoms with Crippen molar-refractivity contribution < 1.29 is 0 Å². The van der Waals surface area contributed by atoms with E-state index in [4.69, 9.17) is 0 Å².